The minimum Gasteiger partial charge on any atom is -0.351 e. The predicted octanol–water partition coefficient (Wildman–Crippen LogP) is 0.888. The molecule has 14 heavy (non-hydrogen) atoms. The molecule has 0 radical (unpaired) electrons. The van der Waals surface area contributed by atoms with Gasteiger partial charge >= 0.3 is 0 Å². The monoisotopic (exact) mass is 196 g/mol. The quantitative estimate of drug-likeness (QED) is 0.642. The van der Waals surface area contributed by atoms with E-state index in [1.165, 1.54) is 0 Å². The first-order chi connectivity index (χ1) is 6.52. The van der Waals surface area contributed by atoms with Crippen molar-refractivity contribution < 1.29 is 4.79 Å². The Kier molecular flexibility index (Phi) is 5.98. The zero-order chi connectivity index (χ0) is 11.1. The van der Waals surface area contributed by atoms with Crippen molar-refractivity contribution in [2.24, 2.45) is 11.7 Å². The highest BCUT2D eigenvalue weighted by molar-refractivity contribution is 5.82. The van der Waals surface area contributed by atoms with Gasteiger partial charge in [-0.25, -0.2) is 0 Å². The first kappa shape index (κ1) is 13.0. The van der Waals surface area contributed by atoms with Gasteiger partial charge in [0.25, 0.3) is 0 Å². The topological polar surface area (TPSA) is 55.1 Å². The van der Waals surface area contributed by atoms with E-state index in [4.69, 9.17) is 12.2 Å². The predicted molar refractivity (Wildman–Crippen MR) is 58.5 cm³/mol. The van der Waals surface area contributed by atoms with Crippen molar-refractivity contribution in [3.8, 4) is 12.3 Å². The number of carbonyl (C=O) groups excluding carboxylic acids is 1. The van der Waals surface area contributed by atoms with Crippen molar-refractivity contribution in [2.45, 2.75) is 45.7 Å². The summed E-state index contributed by atoms with van der Waals surface area (Å²) in [5.41, 5.74) is 5.70. The second-order valence-electron chi connectivity index (χ2n) is 3.79. The van der Waals surface area contributed by atoms with Gasteiger partial charge in [0.05, 0.1) is 6.04 Å². The van der Waals surface area contributed by atoms with Crippen LogP contribution >= 0.6 is 0 Å². The van der Waals surface area contributed by atoms with E-state index in [-0.39, 0.29) is 17.9 Å². The normalized spacial score (nSPS) is 14.6. The molecule has 0 aliphatic heterocycles. The Morgan fingerprint density at radius 1 is 1.57 bits per heavy atom. The van der Waals surface area contributed by atoms with E-state index >= 15 is 0 Å². The lowest BCUT2D eigenvalue weighted by Crippen LogP contribution is -2.47. The van der Waals surface area contributed by atoms with Crippen molar-refractivity contribution >= 4 is 5.91 Å². The molecule has 0 fully saturated rings. The molecule has 0 saturated heterocycles. The van der Waals surface area contributed by atoms with Crippen molar-refractivity contribution in [1.82, 2.24) is 5.32 Å². The number of nitrogens with two attached hydrogens (primary N) is 1. The highest BCUT2D eigenvalue weighted by atomic mass is 16.2. The number of nitrogens with one attached hydrogen (secondary N) is 1. The van der Waals surface area contributed by atoms with Gasteiger partial charge in [0.1, 0.15) is 0 Å². The largest absolute Gasteiger partial charge is 0.351 e. The summed E-state index contributed by atoms with van der Waals surface area (Å²) in [6, 6.07) is -0.390. The smallest absolute Gasteiger partial charge is 0.237 e. The molecule has 80 valence electrons. The lowest BCUT2D eigenvalue weighted by Gasteiger charge is -2.19. The molecule has 1 unspecified atom stereocenters. The maximum atomic E-state index is 11.5. The maximum absolute atomic E-state index is 11.5. The highest BCUT2D eigenvalue weighted by Crippen LogP contribution is 2.01. The molecule has 0 heterocycles. The number of rotatable bonds is 5. The summed E-state index contributed by atoms with van der Waals surface area (Å²) in [5, 5.41) is 2.84. The van der Waals surface area contributed by atoms with Gasteiger partial charge in [-0.15, -0.1) is 12.3 Å². The molecule has 0 aromatic rings. The Hall–Kier alpha value is -1.01. The number of hydrogen-bond donors (Lipinski definition) is 2. The molecular formula is C11H20N2O. The van der Waals surface area contributed by atoms with Crippen LogP contribution in [0.5, 0.6) is 0 Å². The van der Waals surface area contributed by atoms with Gasteiger partial charge in [0.15, 0.2) is 0 Å². The minimum atomic E-state index is -0.443. The average molecular weight is 196 g/mol. The fraction of sp³-hybridized carbons (Fsp3) is 0.727. The summed E-state index contributed by atoms with van der Waals surface area (Å²) in [7, 11) is 0. The summed E-state index contributed by atoms with van der Waals surface area (Å²) in [6.07, 6.45) is 6.58. The fourth-order valence-electron chi connectivity index (χ4n) is 1.04. The van der Waals surface area contributed by atoms with Crippen LogP contribution in [-0.2, 0) is 4.79 Å². The molecule has 0 aromatic heterocycles. The van der Waals surface area contributed by atoms with E-state index in [0.717, 1.165) is 6.42 Å². The zero-order valence-electron chi connectivity index (χ0n) is 9.21. The number of hydrogen-bond acceptors (Lipinski definition) is 2. The van der Waals surface area contributed by atoms with Gasteiger partial charge in [0.2, 0.25) is 5.91 Å². The summed E-state index contributed by atoms with van der Waals surface area (Å²) in [5.74, 6) is 2.58. The third-order valence-corrected chi connectivity index (χ3v) is 2.22. The van der Waals surface area contributed by atoms with Crippen molar-refractivity contribution in [3.63, 3.8) is 0 Å². The Morgan fingerprint density at radius 3 is 2.50 bits per heavy atom. The van der Waals surface area contributed by atoms with Gasteiger partial charge in [-0.05, 0) is 12.3 Å². The van der Waals surface area contributed by atoms with Gasteiger partial charge in [0, 0.05) is 12.5 Å². The second-order valence-corrected chi connectivity index (χ2v) is 3.79. The van der Waals surface area contributed by atoms with E-state index in [1.807, 2.05) is 20.8 Å². The van der Waals surface area contributed by atoms with Gasteiger partial charge in [-0.3, -0.25) is 4.79 Å². The first-order valence-corrected chi connectivity index (χ1v) is 5.02. The molecule has 0 bridgehead atoms. The van der Waals surface area contributed by atoms with E-state index < -0.39 is 6.04 Å². The van der Waals surface area contributed by atoms with Crippen LogP contribution in [0.3, 0.4) is 0 Å². The van der Waals surface area contributed by atoms with Crippen LogP contribution in [0.15, 0.2) is 0 Å². The maximum Gasteiger partial charge on any atom is 0.237 e. The third-order valence-electron chi connectivity index (χ3n) is 2.22. The van der Waals surface area contributed by atoms with E-state index in [1.54, 1.807) is 0 Å². The van der Waals surface area contributed by atoms with E-state index in [0.29, 0.717) is 6.42 Å². The minimum absolute atomic E-state index is 0.0531. The lowest BCUT2D eigenvalue weighted by molar-refractivity contribution is -0.123. The number of terminal acetylenes is 1. The summed E-state index contributed by atoms with van der Waals surface area (Å²) in [4.78, 5) is 11.5. The standard InChI is InChI=1S/C11H20N2O/c1-5-7-9(6-2)13-11(14)10(12)8(3)4/h1,8-10H,6-7,12H2,2-4H3,(H,13,14)/t9?,10-/m0/s1. The van der Waals surface area contributed by atoms with Gasteiger partial charge in [-0.2, -0.15) is 0 Å². The summed E-state index contributed by atoms with van der Waals surface area (Å²) < 4.78 is 0. The molecule has 3 heteroatoms. The Morgan fingerprint density at radius 2 is 2.14 bits per heavy atom. The molecule has 0 rings (SSSR count). The molecule has 3 nitrogen and oxygen atoms in total. The molecule has 0 spiro atoms. The van der Waals surface area contributed by atoms with Crippen LogP contribution in [0, 0.1) is 18.3 Å². The molecule has 3 N–H and O–H groups in total. The van der Waals surface area contributed by atoms with Crippen LogP contribution in [-0.4, -0.2) is 18.0 Å². The molecule has 0 aliphatic rings. The molecule has 2 atom stereocenters. The van der Waals surface area contributed by atoms with Crippen molar-refractivity contribution in [1.29, 1.82) is 0 Å². The number of amides is 1. The van der Waals surface area contributed by atoms with Crippen LogP contribution in [0.2, 0.25) is 0 Å². The number of carbonyl (C=O) groups is 1. The lowest BCUT2D eigenvalue weighted by atomic mass is 10.0. The van der Waals surface area contributed by atoms with Gasteiger partial charge in [-0.1, -0.05) is 20.8 Å². The molecule has 1 amide bonds. The Balaban J connectivity index is 4.09. The van der Waals surface area contributed by atoms with Crippen LogP contribution in [0.25, 0.3) is 0 Å². The average Bonchev–Trinajstić information content (AvgIpc) is 2.15. The molecule has 0 aromatic carbocycles. The summed E-state index contributed by atoms with van der Waals surface area (Å²) >= 11 is 0. The van der Waals surface area contributed by atoms with E-state index in [2.05, 4.69) is 11.2 Å². The molecule has 0 aliphatic carbocycles. The van der Waals surface area contributed by atoms with Crippen LogP contribution < -0.4 is 11.1 Å². The summed E-state index contributed by atoms with van der Waals surface area (Å²) in [6.45, 7) is 5.84. The Bertz CT molecular complexity index is 218. The van der Waals surface area contributed by atoms with Crippen LogP contribution in [0.4, 0.5) is 0 Å². The van der Waals surface area contributed by atoms with Crippen molar-refractivity contribution in [3.05, 3.63) is 0 Å². The molecule has 0 saturated carbocycles. The van der Waals surface area contributed by atoms with E-state index in [9.17, 15) is 4.79 Å². The third kappa shape index (κ3) is 4.29. The first-order valence-electron chi connectivity index (χ1n) is 5.02. The Labute approximate surface area is 86.4 Å². The SMILES string of the molecule is C#CCC(CC)NC(=O)[C@@H](N)C(C)C. The van der Waals surface area contributed by atoms with Crippen LogP contribution in [0.1, 0.15) is 33.6 Å². The molecular weight excluding hydrogens is 176 g/mol. The second kappa shape index (κ2) is 6.44. The van der Waals surface area contributed by atoms with Gasteiger partial charge < -0.3 is 11.1 Å². The van der Waals surface area contributed by atoms with Crippen molar-refractivity contribution in [2.75, 3.05) is 0 Å². The zero-order valence-corrected chi connectivity index (χ0v) is 9.21. The fourth-order valence-corrected chi connectivity index (χ4v) is 1.04. The highest BCUT2D eigenvalue weighted by Gasteiger charge is 2.19.